The first-order valence-corrected chi connectivity index (χ1v) is 15.5. The summed E-state index contributed by atoms with van der Waals surface area (Å²) >= 11 is 0. The van der Waals surface area contributed by atoms with E-state index < -0.39 is 64.5 Å². The van der Waals surface area contributed by atoms with Gasteiger partial charge in [-0.15, -0.1) is 6.58 Å². The number of carboxylic acid groups (broad SMARTS) is 1. The van der Waals surface area contributed by atoms with Crippen LogP contribution in [0.5, 0.6) is 0 Å². The minimum Gasteiger partial charge on any atom is -0.479 e. The lowest BCUT2D eigenvalue weighted by Gasteiger charge is -2.36. The van der Waals surface area contributed by atoms with Gasteiger partial charge in [-0.25, -0.2) is 9.59 Å². The summed E-state index contributed by atoms with van der Waals surface area (Å²) in [7, 11) is 0. The van der Waals surface area contributed by atoms with E-state index in [9.17, 15) is 24.3 Å². The Labute approximate surface area is 264 Å². The van der Waals surface area contributed by atoms with Crippen molar-refractivity contribution >= 4 is 23.9 Å². The number of benzene rings is 1. The van der Waals surface area contributed by atoms with Crippen molar-refractivity contribution in [2.75, 3.05) is 6.54 Å². The number of amides is 3. The standard InChI is InChI=1S/C33H46N6O6/c1-9-14-23-25(20-15-12-11-13-16-20)37-39(36-23)22-17-24(27(40)35-33(29(42)43)18-21(33)10-2)38(19-22)28(41)26(31(3,4)5)34-30(44)45-32(6,7)8/h10-13,15-16,21-22,24,26H,2,9,14,17-19H2,1,3-8H3,(H,34,44)(H,35,40)(H,42,43). The van der Waals surface area contributed by atoms with E-state index in [-0.39, 0.29) is 19.4 Å². The average Bonchev–Trinajstić information content (AvgIpc) is 3.26. The lowest BCUT2D eigenvalue weighted by Crippen LogP contribution is -2.59. The van der Waals surface area contributed by atoms with E-state index in [0.717, 1.165) is 23.4 Å². The summed E-state index contributed by atoms with van der Waals surface area (Å²) in [6.07, 6.45) is 2.68. The van der Waals surface area contributed by atoms with Crippen LogP contribution in [0.25, 0.3) is 11.3 Å². The summed E-state index contributed by atoms with van der Waals surface area (Å²) in [5, 5.41) is 25.0. The average molecular weight is 623 g/mol. The molecule has 2 aliphatic rings. The van der Waals surface area contributed by atoms with E-state index in [1.165, 1.54) is 11.0 Å². The van der Waals surface area contributed by atoms with Crippen LogP contribution in [-0.2, 0) is 25.5 Å². The number of nitrogens with zero attached hydrogens (tertiary/aromatic N) is 4. The molecule has 3 amide bonds. The van der Waals surface area contributed by atoms with Crippen molar-refractivity contribution in [2.24, 2.45) is 11.3 Å². The number of ether oxygens (including phenoxy) is 1. The van der Waals surface area contributed by atoms with E-state index in [2.05, 4.69) is 24.1 Å². The van der Waals surface area contributed by atoms with Gasteiger partial charge in [-0.1, -0.05) is 70.5 Å². The molecule has 2 fully saturated rings. The first-order valence-electron chi connectivity index (χ1n) is 15.5. The van der Waals surface area contributed by atoms with Gasteiger partial charge in [0, 0.05) is 24.4 Å². The Morgan fingerprint density at radius 3 is 2.33 bits per heavy atom. The van der Waals surface area contributed by atoms with Crippen LogP contribution in [0, 0.1) is 11.3 Å². The molecule has 2 heterocycles. The number of likely N-dealkylation sites (tertiary alicyclic amines) is 1. The van der Waals surface area contributed by atoms with Gasteiger partial charge in [0.1, 0.15) is 28.9 Å². The molecule has 1 saturated carbocycles. The number of hydrogen-bond acceptors (Lipinski definition) is 7. The quantitative estimate of drug-likeness (QED) is 0.334. The van der Waals surface area contributed by atoms with Crippen LogP contribution >= 0.6 is 0 Å². The summed E-state index contributed by atoms with van der Waals surface area (Å²) in [6.45, 7) is 16.5. The van der Waals surface area contributed by atoms with Crippen molar-refractivity contribution in [3.05, 3.63) is 48.7 Å². The van der Waals surface area contributed by atoms with Crippen molar-refractivity contribution in [1.29, 1.82) is 0 Å². The Kier molecular flexibility index (Phi) is 9.46. The van der Waals surface area contributed by atoms with Gasteiger partial charge in [0.25, 0.3) is 0 Å². The van der Waals surface area contributed by atoms with E-state index in [1.807, 2.05) is 51.1 Å². The Hall–Kier alpha value is -4.22. The summed E-state index contributed by atoms with van der Waals surface area (Å²) in [6, 6.07) is 7.15. The van der Waals surface area contributed by atoms with Gasteiger partial charge < -0.3 is 25.4 Å². The maximum Gasteiger partial charge on any atom is 0.408 e. The van der Waals surface area contributed by atoms with Crippen LogP contribution < -0.4 is 10.6 Å². The summed E-state index contributed by atoms with van der Waals surface area (Å²) in [4.78, 5) is 56.2. The van der Waals surface area contributed by atoms with Crippen LogP contribution in [-0.4, -0.2) is 78.6 Å². The van der Waals surface area contributed by atoms with Crippen LogP contribution in [0.15, 0.2) is 43.0 Å². The Bertz CT molecular complexity index is 1440. The topological polar surface area (TPSA) is 156 Å². The maximum atomic E-state index is 14.3. The molecule has 12 heteroatoms. The van der Waals surface area contributed by atoms with E-state index >= 15 is 0 Å². The zero-order valence-corrected chi connectivity index (χ0v) is 27.3. The molecule has 5 atom stereocenters. The molecule has 1 aromatic carbocycles. The summed E-state index contributed by atoms with van der Waals surface area (Å²) < 4.78 is 5.45. The van der Waals surface area contributed by atoms with Gasteiger partial charge in [-0.05, 0) is 39.0 Å². The van der Waals surface area contributed by atoms with E-state index in [4.69, 9.17) is 14.9 Å². The molecule has 244 valence electrons. The van der Waals surface area contributed by atoms with E-state index in [1.54, 1.807) is 25.6 Å². The Balaban J connectivity index is 1.70. The van der Waals surface area contributed by atoms with Crippen molar-refractivity contribution < 1.29 is 29.0 Å². The molecule has 3 N–H and O–H groups in total. The van der Waals surface area contributed by atoms with Gasteiger partial charge in [-0.2, -0.15) is 15.0 Å². The second kappa shape index (κ2) is 12.6. The number of carbonyl (C=O) groups excluding carboxylic acids is 3. The molecule has 45 heavy (non-hydrogen) atoms. The molecule has 1 aromatic heterocycles. The van der Waals surface area contributed by atoms with Crippen molar-refractivity contribution in [3.8, 4) is 11.3 Å². The summed E-state index contributed by atoms with van der Waals surface area (Å²) in [5.41, 5.74) is -0.549. The first-order chi connectivity index (χ1) is 21.0. The van der Waals surface area contributed by atoms with Crippen molar-refractivity contribution in [2.45, 2.75) is 103 Å². The first kappa shape index (κ1) is 33.7. The van der Waals surface area contributed by atoms with Crippen LogP contribution in [0.1, 0.15) is 79.5 Å². The zero-order chi connectivity index (χ0) is 33.3. The second-order valence-electron chi connectivity index (χ2n) is 14.1. The van der Waals surface area contributed by atoms with Crippen molar-refractivity contribution in [1.82, 2.24) is 30.5 Å². The van der Waals surface area contributed by atoms with Crippen LogP contribution in [0.3, 0.4) is 0 Å². The van der Waals surface area contributed by atoms with Gasteiger partial charge in [-0.3, -0.25) is 9.59 Å². The molecule has 5 unspecified atom stereocenters. The number of carbonyl (C=O) groups is 4. The predicted molar refractivity (Wildman–Crippen MR) is 168 cm³/mol. The number of rotatable bonds is 10. The number of alkyl carbamates (subject to hydrolysis) is 1. The number of aryl methyl sites for hydroxylation is 1. The third-order valence-corrected chi connectivity index (χ3v) is 8.23. The van der Waals surface area contributed by atoms with Gasteiger partial charge in [0.15, 0.2) is 0 Å². The SMILES string of the molecule is C=CC1CC1(NC(=O)C1CC(n2nc(CCC)c(-c3ccccc3)n2)CN1C(=O)C(NC(=O)OC(C)(C)C)C(C)(C)C)C(=O)O. The minimum atomic E-state index is -1.47. The number of hydrogen-bond donors (Lipinski definition) is 3. The molecule has 0 radical (unpaired) electrons. The molecule has 1 aliphatic carbocycles. The highest BCUT2D eigenvalue weighted by molar-refractivity contribution is 5.96. The van der Waals surface area contributed by atoms with Gasteiger partial charge in [0.2, 0.25) is 11.8 Å². The number of aromatic nitrogens is 3. The van der Waals surface area contributed by atoms with E-state index in [0.29, 0.717) is 6.42 Å². The minimum absolute atomic E-state index is 0.0823. The smallest absolute Gasteiger partial charge is 0.408 e. The third-order valence-electron chi connectivity index (χ3n) is 8.23. The molecule has 0 spiro atoms. The lowest BCUT2D eigenvalue weighted by atomic mass is 9.85. The number of nitrogens with one attached hydrogen (secondary N) is 2. The fraction of sp³-hybridized carbons (Fsp3) is 0.576. The molecule has 4 rings (SSSR count). The molecule has 1 saturated heterocycles. The van der Waals surface area contributed by atoms with Gasteiger partial charge in [0.05, 0.1) is 11.7 Å². The maximum absolute atomic E-state index is 14.3. The zero-order valence-electron chi connectivity index (χ0n) is 27.3. The fourth-order valence-corrected chi connectivity index (χ4v) is 5.77. The third kappa shape index (κ3) is 7.37. The summed E-state index contributed by atoms with van der Waals surface area (Å²) in [5.74, 6) is -2.65. The largest absolute Gasteiger partial charge is 0.479 e. The second-order valence-corrected chi connectivity index (χ2v) is 14.1. The Morgan fingerprint density at radius 2 is 1.80 bits per heavy atom. The normalized spacial score (nSPS) is 23.6. The number of carboxylic acids is 1. The highest BCUT2D eigenvalue weighted by atomic mass is 16.6. The van der Waals surface area contributed by atoms with Crippen LogP contribution in [0.4, 0.5) is 4.79 Å². The van der Waals surface area contributed by atoms with Gasteiger partial charge >= 0.3 is 12.1 Å². The highest BCUT2D eigenvalue weighted by Crippen LogP contribution is 2.45. The monoisotopic (exact) mass is 622 g/mol. The van der Waals surface area contributed by atoms with Crippen LogP contribution in [0.2, 0.25) is 0 Å². The predicted octanol–water partition coefficient (Wildman–Crippen LogP) is 4.12. The molecule has 1 aliphatic heterocycles. The molecular weight excluding hydrogens is 576 g/mol. The molecule has 0 bridgehead atoms. The molecule has 12 nitrogen and oxygen atoms in total. The number of aliphatic carboxylic acids is 1. The molecular formula is C33H46N6O6. The fourth-order valence-electron chi connectivity index (χ4n) is 5.77. The lowest BCUT2D eigenvalue weighted by molar-refractivity contribution is -0.146. The van der Waals surface area contributed by atoms with Crippen molar-refractivity contribution in [3.63, 3.8) is 0 Å². The Morgan fingerprint density at radius 1 is 1.13 bits per heavy atom. The molecule has 2 aromatic rings. The highest BCUT2D eigenvalue weighted by Gasteiger charge is 2.61.